The quantitative estimate of drug-likeness (QED) is 0.850. The lowest BCUT2D eigenvalue weighted by Crippen LogP contribution is -2.38. The van der Waals surface area contributed by atoms with Gasteiger partial charge in [-0.3, -0.25) is 0 Å². The van der Waals surface area contributed by atoms with Crippen molar-refractivity contribution in [2.24, 2.45) is 0 Å². The summed E-state index contributed by atoms with van der Waals surface area (Å²) in [6.07, 6.45) is 0. The van der Waals surface area contributed by atoms with Gasteiger partial charge in [0, 0.05) is 17.6 Å². The van der Waals surface area contributed by atoms with E-state index in [-0.39, 0.29) is 0 Å². The first-order valence-corrected chi connectivity index (χ1v) is 5.93. The number of halogens is 1. The molecule has 0 spiro atoms. The standard InChI is InChI=1S/C13H20ClNO/c1-9(2)15-8-13(4,16)11-6-5-10(3)12(14)7-11/h5-7,9,15-16H,8H2,1-4H3. The molecule has 1 atom stereocenters. The van der Waals surface area contributed by atoms with Crippen molar-refractivity contribution in [3.63, 3.8) is 0 Å². The summed E-state index contributed by atoms with van der Waals surface area (Å²) in [5, 5.41) is 14.3. The zero-order chi connectivity index (χ0) is 12.3. The van der Waals surface area contributed by atoms with Crippen LogP contribution in [0.3, 0.4) is 0 Å². The van der Waals surface area contributed by atoms with Gasteiger partial charge in [-0.2, -0.15) is 0 Å². The molecule has 0 aliphatic heterocycles. The van der Waals surface area contributed by atoms with E-state index in [0.717, 1.165) is 11.1 Å². The predicted octanol–water partition coefficient (Wildman–Crippen LogP) is 2.85. The van der Waals surface area contributed by atoms with Gasteiger partial charge in [-0.25, -0.2) is 0 Å². The molecule has 0 fully saturated rings. The first-order valence-electron chi connectivity index (χ1n) is 5.55. The summed E-state index contributed by atoms with van der Waals surface area (Å²) in [6.45, 7) is 8.37. The molecule has 0 bridgehead atoms. The summed E-state index contributed by atoms with van der Waals surface area (Å²) in [5.74, 6) is 0. The second kappa shape index (κ2) is 5.17. The van der Waals surface area contributed by atoms with Crippen molar-refractivity contribution >= 4 is 11.6 Å². The van der Waals surface area contributed by atoms with Crippen LogP contribution in [0.4, 0.5) is 0 Å². The van der Waals surface area contributed by atoms with Gasteiger partial charge in [0.2, 0.25) is 0 Å². The van der Waals surface area contributed by atoms with E-state index in [1.807, 2.05) is 25.1 Å². The molecule has 2 nitrogen and oxygen atoms in total. The zero-order valence-corrected chi connectivity index (χ0v) is 11.1. The van der Waals surface area contributed by atoms with Gasteiger partial charge < -0.3 is 10.4 Å². The number of hydrogen-bond donors (Lipinski definition) is 2. The minimum absolute atomic E-state index is 0.354. The van der Waals surface area contributed by atoms with Gasteiger partial charge in [0.1, 0.15) is 0 Å². The van der Waals surface area contributed by atoms with Crippen LogP contribution >= 0.6 is 11.6 Å². The summed E-state index contributed by atoms with van der Waals surface area (Å²) in [5.41, 5.74) is 0.982. The maximum absolute atomic E-state index is 10.3. The Bertz CT molecular complexity index is 361. The Morgan fingerprint density at radius 2 is 2.06 bits per heavy atom. The van der Waals surface area contributed by atoms with Gasteiger partial charge in [0.15, 0.2) is 0 Å². The molecule has 0 radical (unpaired) electrons. The average Bonchev–Trinajstić information content (AvgIpc) is 2.19. The maximum Gasteiger partial charge on any atom is 0.0992 e. The summed E-state index contributed by atoms with van der Waals surface area (Å²) < 4.78 is 0. The molecule has 0 aliphatic rings. The molecule has 90 valence electrons. The van der Waals surface area contributed by atoms with Crippen molar-refractivity contribution in [3.05, 3.63) is 34.3 Å². The Balaban J connectivity index is 2.84. The predicted molar refractivity (Wildman–Crippen MR) is 68.9 cm³/mol. The summed E-state index contributed by atoms with van der Waals surface area (Å²) in [4.78, 5) is 0. The van der Waals surface area contributed by atoms with Gasteiger partial charge in [0.25, 0.3) is 0 Å². The SMILES string of the molecule is Cc1ccc(C(C)(O)CNC(C)C)cc1Cl. The number of rotatable bonds is 4. The summed E-state index contributed by atoms with van der Waals surface area (Å²) in [7, 11) is 0. The van der Waals surface area contributed by atoms with E-state index < -0.39 is 5.60 Å². The third-order valence-corrected chi connectivity index (χ3v) is 3.06. The van der Waals surface area contributed by atoms with Crippen LogP contribution in [0.2, 0.25) is 5.02 Å². The van der Waals surface area contributed by atoms with Crippen LogP contribution in [0.15, 0.2) is 18.2 Å². The van der Waals surface area contributed by atoms with Crippen LogP contribution in [0, 0.1) is 6.92 Å². The van der Waals surface area contributed by atoms with Gasteiger partial charge in [-0.1, -0.05) is 37.6 Å². The molecule has 0 aliphatic carbocycles. The van der Waals surface area contributed by atoms with Crippen LogP contribution in [0.1, 0.15) is 31.9 Å². The molecule has 16 heavy (non-hydrogen) atoms. The third kappa shape index (κ3) is 3.48. The van der Waals surface area contributed by atoms with Crippen molar-refractivity contribution in [2.75, 3.05) is 6.54 Å². The van der Waals surface area contributed by atoms with E-state index in [1.54, 1.807) is 6.92 Å². The highest BCUT2D eigenvalue weighted by molar-refractivity contribution is 6.31. The van der Waals surface area contributed by atoms with Crippen molar-refractivity contribution in [1.29, 1.82) is 0 Å². The van der Waals surface area contributed by atoms with E-state index in [4.69, 9.17) is 11.6 Å². The summed E-state index contributed by atoms with van der Waals surface area (Å²) in [6, 6.07) is 6.04. The smallest absolute Gasteiger partial charge is 0.0992 e. The Hall–Kier alpha value is -0.570. The molecule has 1 aromatic rings. The van der Waals surface area contributed by atoms with Gasteiger partial charge in [0.05, 0.1) is 5.60 Å². The molecule has 1 aromatic carbocycles. The van der Waals surface area contributed by atoms with Crippen LogP contribution in [0.25, 0.3) is 0 Å². The lowest BCUT2D eigenvalue weighted by atomic mass is 9.95. The topological polar surface area (TPSA) is 32.3 Å². The highest BCUT2D eigenvalue weighted by Gasteiger charge is 2.23. The summed E-state index contributed by atoms with van der Waals surface area (Å²) >= 11 is 6.05. The molecular formula is C13H20ClNO. The highest BCUT2D eigenvalue weighted by Crippen LogP contribution is 2.25. The monoisotopic (exact) mass is 241 g/mol. The lowest BCUT2D eigenvalue weighted by molar-refractivity contribution is 0.0549. The molecule has 0 heterocycles. The van der Waals surface area contributed by atoms with E-state index in [0.29, 0.717) is 17.6 Å². The zero-order valence-electron chi connectivity index (χ0n) is 10.3. The Morgan fingerprint density at radius 1 is 1.44 bits per heavy atom. The normalized spacial score (nSPS) is 15.2. The van der Waals surface area contributed by atoms with E-state index >= 15 is 0 Å². The highest BCUT2D eigenvalue weighted by atomic mass is 35.5. The van der Waals surface area contributed by atoms with Crippen molar-refractivity contribution in [1.82, 2.24) is 5.32 Å². The molecular weight excluding hydrogens is 222 g/mol. The van der Waals surface area contributed by atoms with Gasteiger partial charge >= 0.3 is 0 Å². The number of aliphatic hydroxyl groups is 1. The van der Waals surface area contributed by atoms with E-state index in [9.17, 15) is 5.11 Å². The Kier molecular flexibility index (Phi) is 4.36. The van der Waals surface area contributed by atoms with Crippen molar-refractivity contribution in [2.45, 2.75) is 39.3 Å². The number of hydrogen-bond acceptors (Lipinski definition) is 2. The second-order valence-electron chi connectivity index (χ2n) is 4.77. The van der Waals surface area contributed by atoms with Crippen LogP contribution in [-0.4, -0.2) is 17.7 Å². The molecule has 2 N–H and O–H groups in total. The third-order valence-electron chi connectivity index (χ3n) is 2.65. The van der Waals surface area contributed by atoms with Crippen LogP contribution < -0.4 is 5.32 Å². The average molecular weight is 242 g/mol. The molecule has 1 rings (SSSR count). The van der Waals surface area contributed by atoms with E-state index in [1.165, 1.54) is 0 Å². The molecule has 1 unspecified atom stereocenters. The van der Waals surface area contributed by atoms with Crippen LogP contribution in [0.5, 0.6) is 0 Å². The fourth-order valence-corrected chi connectivity index (χ4v) is 1.61. The minimum Gasteiger partial charge on any atom is -0.384 e. The van der Waals surface area contributed by atoms with Crippen LogP contribution in [-0.2, 0) is 5.60 Å². The molecule has 0 amide bonds. The maximum atomic E-state index is 10.3. The first-order chi connectivity index (χ1) is 7.33. The number of benzene rings is 1. The molecule has 0 saturated heterocycles. The molecule has 0 aromatic heterocycles. The fraction of sp³-hybridized carbons (Fsp3) is 0.538. The van der Waals surface area contributed by atoms with Gasteiger partial charge in [-0.15, -0.1) is 0 Å². The van der Waals surface area contributed by atoms with Crippen molar-refractivity contribution in [3.8, 4) is 0 Å². The largest absolute Gasteiger partial charge is 0.384 e. The van der Waals surface area contributed by atoms with Gasteiger partial charge in [-0.05, 0) is 31.0 Å². The molecule has 0 saturated carbocycles. The first kappa shape index (κ1) is 13.5. The number of aryl methyl sites for hydroxylation is 1. The molecule has 3 heteroatoms. The Labute approximate surface area is 103 Å². The minimum atomic E-state index is -0.887. The second-order valence-corrected chi connectivity index (χ2v) is 5.18. The lowest BCUT2D eigenvalue weighted by Gasteiger charge is -2.26. The Morgan fingerprint density at radius 3 is 2.56 bits per heavy atom. The fourth-order valence-electron chi connectivity index (χ4n) is 1.43. The van der Waals surface area contributed by atoms with E-state index in [2.05, 4.69) is 19.2 Å². The number of nitrogens with one attached hydrogen (secondary N) is 1. The van der Waals surface area contributed by atoms with Crippen molar-refractivity contribution < 1.29 is 5.11 Å².